The van der Waals surface area contributed by atoms with E-state index in [4.69, 9.17) is 11.6 Å². The summed E-state index contributed by atoms with van der Waals surface area (Å²) in [7, 11) is 0. The first-order valence-electron chi connectivity index (χ1n) is 7.25. The van der Waals surface area contributed by atoms with Gasteiger partial charge in [0.1, 0.15) is 5.82 Å². The molecule has 0 bridgehead atoms. The quantitative estimate of drug-likeness (QED) is 0.766. The molecule has 0 aliphatic carbocycles. The lowest BCUT2D eigenvalue weighted by molar-refractivity contribution is 0.374. The summed E-state index contributed by atoms with van der Waals surface area (Å²) in [4.78, 5) is 0. The van der Waals surface area contributed by atoms with Gasteiger partial charge in [-0.1, -0.05) is 61.8 Å². The van der Waals surface area contributed by atoms with Gasteiger partial charge in [0.25, 0.3) is 0 Å². The molecular weight excluding hydrogens is 285 g/mol. The fourth-order valence-corrected chi connectivity index (χ4v) is 2.67. The van der Waals surface area contributed by atoms with Gasteiger partial charge in [0.2, 0.25) is 0 Å². The highest BCUT2D eigenvalue weighted by Gasteiger charge is 2.19. The fourth-order valence-electron chi connectivity index (χ4n) is 2.48. The van der Waals surface area contributed by atoms with Gasteiger partial charge in [0.05, 0.1) is 5.02 Å². The third kappa shape index (κ3) is 4.05. The van der Waals surface area contributed by atoms with Gasteiger partial charge in [-0.05, 0) is 36.1 Å². The normalized spacial score (nSPS) is 14.2. The van der Waals surface area contributed by atoms with Crippen LogP contribution >= 0.6 is 11.6 Å². The molecule has 0 spiro atoms. The Kier molecular flexibility index (Phi) is 5.38. The Labute approximate surface area is 131 Å². The van der Waals surface area contributed by atoms with Crippen molar-refractivity contribution in [2.45, 2.75) is 32.9 Å². The molecule has 0 aliphatic rings. The third-order valence-electron chi connectivity index (χ3n) is 3.70. The maximum Gasteiger partial charge on any atom is 0.141 e. The van der Waals surface area contributed by atoms with Crippen LogP contribution in [0, 0.1) is 11.7 Å². The molecule has 0 saturated carbocycles. The molecule has 0 radical (unpaired) electrons. The second-order valence-electron chi connectivity index (χ2n) is 5.69. The molecule has 1 nitrogen and oxygen atoms in total. The highest BCUT2D eigenvalue weighted by molar-refractivity contribution is 6.30. The summed E-state index contributed by atoms with van der Waals surface area (Å²) in [5.41, 5.74) is 2.25. The lowest BCUT2D eigenvalue weighted by Gasteiger charge is -2.27. The molecule has 2 atom stereocenters. The number of halogens is 2. The summed E-state index contributed by atoms with van der Waals surface area (Å²) >= 11 is 5.87. The first-order chi connectivity index (χ1) is 9.99. The van der Waals surface area contributed by atoms with Gasteiger partial charge < -0.3 is 5.32 Å². The molecule has 2 unspecified atom stereocenters. The Morgan fingerprint density at radius 3 is 2.19 bits per heavy atom. The van der Waals surface area contributed by atoms with Crippen LogP contribution in [0.4, 0.5) is 4.39 Å². The topological polar surface area (TPSA) is 12.0 Å². The van der Waals surface area contributed by atoms with Gasteiger partial charge in [-0.2, -0.15) is 0 Å². The average Bonchev–Trinajstić information content (AvgIpc) is 2.48. The van der Waals surface area contributed by atoms with Gasteiger partial charge in [0, 0.05) is 12.1 Å². The maximum atomic E-state index is 13.3. The molecule has 0 heterocycles. The van der Waals surface area contributed by atoms with Crippen molar-refractivity contribution in [2.24, 2.45) is 5.92 Å². The van der Waals surface area contributed by atoms with Crippen LogP contribution in [0.5, 0.6) is 0 Å². The summed E-state index contributed by atoms with van der Waals surface area (Å²) in [5, 5.41) is 3.78. The van der Waals surface area contributed by atoms with Crippen LogP contribution in [0.25, 0.3) is 0 Å². The molecule has 3 heteroatoms. The molecule has 0 aliphatic heterocycles. The minimum atomic E-state index is -0.379. The average molecular weight is 306 g/mol. The van der Waals surface area contributed by atoms with Crippen molar-refractivity contribution in [3.05, 3.63) is 70.5 Å². The predicted octanol–water partition coefficient (Wildman–Crippen LogP) is 5.53. The zero-order valence-electron chi connectivity index (χ0n) is 12.6. The van der Waals surface area contributed by atoms with Crippen LogP contribution in [0.3, 0.4) is 0 Å². The maximum absolute atomic E-state index is 13.3. The minimum absolute atomic E-state index is 0.0932. The monoisotopic (exact) mass is 305 g/mol. The van der Waals surface area contributed by atoms with E-state index in [0.29, 0.717) is 5.92 Å². The number of hydrogen-bond acceptors (Lipinski definition) is 1. The Morgan fingerprint density at radius 1 is 0.952 bits per heavy atom. The zero-order valence-corrected chi connectivity index (χ0v) is 13.4. The van der Waals surface area contributed by atoms with Crippen molar-refractivity contribution in [2.75, 3.05) is 0 Å². The Bertz CT molecular complexity index is 583. The van der Waals surface area contributed by atoms with Gasteiger partial charge in [0.15, 0.2) is 0 Å². The van der Waals surface area contributed by atoms with Crippen LogP contribution in [0.1, 0.15) is 44.0 Å². The van der Waals surface area contributed by atoms with Crippen molar-refractivity contribution in [1.82, 2.24) is 5.32 Å². The van der Waals surface area contributed by atoms with Crippen LogP contribution in [-0.4, -0.2) is 0 Å². The van der Waals surface area contributed by atoms with Crippen molar-refractivity contribution >= 4 is 11.6 Å². The molecule has 0 amide bonds. The van der Waals surface area contributed by atoms with E-state index in [0.717, 1.165) is 5.56 Å². The molecule has 2 rings (SSSR count). The Hall–Kier alpha value is -1.38. The highest BCUT2D eigenvalue weighted by atomic mass is 35.5. The molecule has 2 aromatic rings. The van der Waals surface area contributed by atoms with E-state index in [9.17, 15) is 4.39 Å². The van der Waals surface area contributed by atoms with E-state index < -0.39 is 0 Å². The van der Waals surface area contributed by atoms with E-state index in [1.165, 1.54) is 11.6 Å². The molecule has 0 saturated heterocycles. The van der Waals surface area contributed by atoms with Gasteiger partial charge in [-0.25, -0.2) is 4.39 Å². The summed E-state index contributed by atoms with van der Waals surface area (Å²) in [6, 6.07) is 15.6. The van der Waals surface area contributed by atoms with E-state index >= 15 is 0 Å². The fraction of sp³-hybridized carbons (Fsp3) is 0.333. The molecule has 2 aromatic carbocycles. The van der Waals surface area contributed by atoms with Gasteiger partial charge >= 0.3 is 0 Å². The second kappa shape index (κ2) is 7.06. The molecule has 112 valence electrons. The first kappa shape index (κ1) is 16.0. The predicted molar refractivity (Wildman–Crippen MR) is 87.0 cm³/mol. The number of benzene rings is 2. The molecule has 0 fully saturated rings. The lowest BCUT2D eigenvalue weighted by atomic mass is 9.94. The third-order valence-corrected chi connectivity index (χ3v) is 3.99. The standard InChI is InChI=1S/C18H21ClFN/c1-12(2)18(14-7-5-4-6-8-14)21-13(3)15-9-10-17(20)16(19)11-15/h4-13,18,21H,1-3H3. The molecule has 21 heavy (non-hydrogen) atoms. The highest BCUT2D eigenvalue weighted by Crippen LogP contribution is 2.27. The van der Waals surface area contributed by atoms with Gasteiger partial charge in [-0.3, -0.25) is 0 Å². The van der Waals surface area contributed by atoms with Crippen LogP contribution in [0.15, 0.2) is 48.5 Å². The largest absolute Gasteiger partial charge is 0.303 e. The summed E-state index contributed by atoms with van der Waals surface area (Å²) in [5.74, 6) is 0.0712. The van der Waals surface area contributed by atoms with Crippen molar-refractivity contribution in [3.8, 4) is 0 Å². The van der Waals surface area contributed by atoms with Gasteiger partial charge in [-0.15, -0.1) is 0 Å². The van der Waals surface area contributed by atoms with E-state index in [2.05, 4.69) is 38.2 Å². The Morgan fingerprint density at radius 2 is 1.62 bits per heavy atom. The number of rotatable bonds is 5. The van der Waals surface area contributed by atoms with Crippen LogP contribution < -0.4 is 5.32 Å². The minimum Gasteiger partial charge on any atom is -0.303 e. The molecular formula is C18H21ClFN. The molecule has 0 aromatic heterocycles. The Balaban J connectivity index is 2.18. The summed E-state index contributed by atoms with van der Waals surface area (Å²) in [6.45, 7) is 6.45. The van der Waals surface area contributed by atoms with Crippen molar-refractivity contribution in [3.63, 3.8) is 0 Å². The lowest BCUT2D eigenvalue weighted by Crippen LogP contribution is -2.28. The second-order valence-corrected chi connectivity index (χ2v) is 6.10. The van der Waals surface area contributed by atoms with Crippen LogP contribution in [0.2, 0.25) is 5.02 Å². The zero-order chi connectivity index (χ0) is 15.4. The smallest absolute Gasteiger partial charge is 0.141 e. The number of nitrogens with one attached hydrogen (secondary N) is 1. The van der Waals surface area contributed by atoms with E-state index in [1.807, 2.05) is 18.2 Å². The van der Waals surface area contributed by atoms with Crippen molar-refractivity contribution < 1.29 is 4.39 Å². The summed E-state index contributed by atoms with van der Waals surface area (Å²) in [6.07, 6.45) is 0. The SMILES string of the molecule is CC(NC(c1ccccc1)C(C)C)c1ccc(F)c(Cl)c1. The first-order valence-corrected chi connectivity index (χ1v) is 7.62. The molecule has 1 N–H and O–H groups in total. The van der Waals surface area contributed by atoms with Crippen LogP contribution in [-0.2, 0) is 0 Å². The number of hydrogen-bond donors (Lipinski definition) is 1. The van der Waals surface area contributed by atoms with E-state index in [1.54, 1.807) is 12.1 Å². The summed E-state index contributed by atoms with van der Waals surface area (Å²) < 4.78 is 13.3. The van der Waals surface area contributed by atoms with Crippen molar-refractivity contribution in [1.29, 1.82) is 0 Å². The van der Waals surface area contributed by atoms with E-state index in [-0.39, 0.29) is 22.9 Å².